The monoisotopic (exact) mass is 197 g/mol. The molecule has 0 spiro atoms. The SMILES string of the molecule is COC(C)(C)CC(C)NC1CC=CC1. The van der Waals surface area contributed by atoms with Crippen molar-refractivity contribution in [2.45, 2.75) is 57.7 Å². The minimum Gasteiger partial charge on any atom is -0.379 e. The Bertz CT molecular complexity index is 190. The molecule has 14 heavy (non-hydrogen) atoms. The Labute approximate surface area is 87.7 Å². The lowest BCUT2D eigenvalue weighted by molar-refractivity contribution is 0.00780. The molecule has 0 aromatic carbocycles. The average molecular weight is 197 g/mol. The predicted octanol–water partition coefficient (Wildman–Crippen LogP) is 2.50. The zero-order chi connectivity index (χ0) is 10.6. The largest absolute Gasteiger partial charge is 0.379 e. The first-order valence-electron chi connectivity index (χ1n) is 5.50. The molecule has 0 amide bonds. The molecule has 82 valence electrons. The summed E-state index contributed by atoms with van der Waals surface area (Å²) >= 11 is 0. The van der Waals surface area contributed by atoms with Gasteiger partial charge in [-0.15, -0.1) is 0 Å². The van der Waals surface area contributed by atoms with Crippen LogP contribution in [-0.2, 0) is 4.74 Å². The Balaban J connectivity index is 2.24. The summed E-state index contributed by atoms with van der Waals surface area (Å²) in [6.07, 6.45) is 7.92. The van der Waals surface area contributed by atoms with Crippen molar-refractivity contribution in [3.63, 3.8) is 0 Å². The fourth-order valence-corrected chi connectivity index (χ4v) is 2.04. The second kappa shape index (κ2) is 4.94. The molecular weight excluding hydrogens is 174 g/mol. The van der Waals surface area contributed by atoms with Gasteiger partial charge in [-0.2, -0.15) is 0 Å². The van der Waals surface area contributed by atoms with Gasteiger partial charge >= 0.3 is 0 Å². The van der Waals surface area contributed by atoms with Crippen LogP contribution in [0.5, 0.6) is 0 Å². The molecule has 1 aliphatic carbocycles. The minimum absolute atomic E-state index is 0.0154. The molecule has 0 fully saturated rings. The molecule has 1 unspecified atom stereocenters. The van der Waals surface area contributed by atoms with Crippen molar-refractivity contribution in [3.8, 4) is 0 Å². The topological polar surface area (TPSA) is 21.3 Å². The second-order valence-corrected chi connectivity index (χ2v) is 4.88. The number of rotatable bonds is 5. The molecule has 1 aliphatic rings. The summed E-state index contributed by atoms with van der Waals surface area (Å²) in [5.41, 5.74) is -0.0154. The molecule has 2 heteroatoms. The van der Waals surface area contributed by atoms with Gasteiger partial charge < -0.3 is 10.1 Å². The smallest absolute Gasteiger partial charge is 0.0637 e. The van der Waals surface area contributed by atoms with Crippen LogP contribution in [0.1, 0.15) is 40.0 Å². The molecule has 0 aromatic heterocycles. The van der Waals surface area contributed by atoms with E-state index >= 15 is 0 Å². The summed E-state index contributed by atoms with van der Waals surface area (Å²) in [5, 5.41) is 3.63. The van der Waals surface area contributed by atoms with E-state index < -0.39 is 0 Å². The van der Waals surface area contributed by atoms with Crippen molar-refractivity contribution in [2.24, 2.45) is 0 Å². The lowest BCUT2D eigenvalue weighted by atomic mass is 9.99. The highest BCUT2D eigenvalue weighted by atomic mass is 16.5. The second-order valence-electron chi connectivity index (χ2n) is 4.88. The van der Waals surface area contributed by atoms with Gasteiger partial charge in [0.25, 0.3) is 0 Å². The summed E-state index contributed by atoms with van der Waals surface area (Å²) in [6.45, 7) is 6.51. The highest BCUT2D eigenvalue weighted by Crippen LogP contribution is 2.17. The molecule has 0 heterocycles. The van der Waals surface area contributed by atoms with Crippen LogP contribution in [0.25, 0.3) is 0 Å². The quantitative estimate of drug-likeness (QED) is 0.684. The maximum Gasteiger partial charge on any atom is 0.0637 e. The lowest BCUT2D eigenvalue weighted by Gasteiger charge is -2.28. The summed E-state index contributed by atoms with van der Waals surface area (Å²) in [6, 6.07) is 1.17. The number of hydrogen-bond donors (Lipinski definition) is 1. The van der Waals surface area contributed by atoms with Gasteiger partial charge in [0.1, 0.15) is 0 Å². The van der Waals surface area contributed by atoms with E-state index in [1.165, 1.54) is 12.8 Å². The van der Waals surface area contributed by atoms with E-state index in [2.05, 4.69) is 38.2 Å². The van der Waals surface area contributed by atoms with Crippen LogP contribution in [0.2, 0.25) is 0 Å². The third-order valence-electron chi connectivity index (χ3n) is 2.88. The molecule has 0 bridgehead atoms. The molecule has 1 rings (SSSR count). The number of hydrogen-bond acceptors (Lipinski definition) is 2. The fourth-order valence-electron chi connectivity index (χ4n) is 2.04. The molecule has 0 radical (unpaired) electrons. The van der Waals surface area contributed by atoms with Crippen LogP contribution in [-0.4, -0.2) is 24.8 Å². The van der Waals surface area contributed by atoms with E-state index in [1.54, 1.807) is 7.11 Å². The normalized spacial score (nSPS) is 20.3. The lowest BCUT2D eigenvalue weighted by Crippen LogP contribution is -2.40. The van der Waals surface area contributed by atoms with Crippen molar-refractivity contribution in [1.82, 2.24) is 5.32 Å². The van der Waals surface area contributed by atoms with Gasteiger partial charge in [-0.05, 0) is 40.0 Å². The van der Waals surface area contributed by atoms with Gasteiger partial charge in [-0.25, -0.2) is 0 Å². The molecule has 1 N–H and O–H groups in total. The van der Waals surface area contributed by atoms with Gasteiger partial charge in [0.05, 0.1) is 5.60 Å². The number of nitrogens with one attached hydrogen (secondary N) is 1. The van der Waals surface area contributed by atoms with Crippen molar-refractivity contribution in [2.75, 3.05) is 7.11 Å². The maximum atomic E-state index is 5.42. The zero-order valence-electron chi connectivity index (χ0n) is 9.84. The first kappa shape index (κ1) is 11.7. The van der Waals surface area contributed by atoms with E-state index in [-0.39, 0.29) is 5.60 Å². The molecule has 2 nitrogen and oxygen atoms in total. The van der Waals surface area contributed by atoms with Crippen LogP contribution >= 0.6 is 0 Å². The Kier molecular flexibility index (Phi) is 4.14. The van der Waals surface area contributed by atoms with Crippen molar-refractivity contribution in [3.05, 3.63) is 12.2 Å². The number of methoxy groups -OCH3 is 1. The Hall–Kier alpha value is -0.340. The molecule has 1 atom stereocenters. The fraction of sp³-hybridized carbons (Fsp3) is 0.833. The standard InChI is InChI=1S/C12H23NO/c1-10(9-12(2,3)14-4)13-11-7-5-6-8-11/h5-6,10-11,13H,7-9H2,1-4H3. The predicted molar refractivity (Wildman–Crippen MR) is 60.5 cm³/mol. The molecule has 0 aliphatic heterocycles. The molecular formula is C12H23NO. The van der Waals surface area contributed by atoms with E-state index in [0.717, 1.165) is 6.42 Å². The van der Waals surface area contributed by atoms with Gasteiger partial charge in [0.15, 0.2) is 0 Å². The first-order chi connectivity index (χ1) is 6.53. The summed E-state index contributed by atoms with van der Waals surface area (Å²) < 4.78 is 5.42. The summed E-state index contributed by atoms with van der Waals surface area (Å²) in [4.78, 5) is 0. The summed E-state index contributed by atoms with van der Waals surface area (Å²) in [5.74, 6) is 0. The Morgan fingerprint density at radius 3 is 2.50 bits per heavy atom. The van der Waals surface area contributed by atoms with E-state index in [1.807, 2.05) is 0 Å². The van der Waals surface area contributed by atoms with E-state index in [9.17, 15) is 0 Å². The Morgan fingerprint density at radius 2 is 2.00 bits per heavy atom. The zero-order valence-corrected chi connectivity index (χ0v) is 9.84. The van der Waals surface area contributed by atoms with Crippen molar-refractivity contribution in [1.29, 1.82) is 0 Å². The maximum absolute atomic E-state index is 5.42. The number of ether oxygens (including phenoxy) is 1. The highest BCUT2D eigenvalue weighted by Gasteiger charge is 2.22. The molecule has 0 saturated carbocycles. The highest BCUT2D eigenvalue weighted by molar-refractivity contribution is 4.98. The third kappa shape index (κ3) is 3.81. The van der Waals surface area contributed by atoms with Crippen LogP contribution in [0.4, 0.5) is 0 Å². The van der Waals surface area contributed by atoms with Gasteiger partial charge in [0, 0.05) is 19.2 Å². The molecule has 0 aromatic rings. The minimum atomic E-state index is -0.0154. The molecule has 0 saturated heterocycles. The third-order valence-corrected chi connectivity index (χ3v) is 2.88. The van der Waals surface area contributed by atoms with Gasteiger partial charge in [-0.3, -0.25) is 0 Å². The van der Waals surface area contributed by atoms with Crippen LogP contribution in [0.15, 0.2) is 12.2 Å². The van der Waals surface area contributed by atoms with Crippen LogP contribution in [0, 0.1) is 0 Å². The first-order valence-corrected chi connectivity index (χ1v) is 5.50. The van der Waals surface area contributed by atoms with Gasteiger partial charge in [-0.1, -0.05) is 12.2 Å². The Morgan fingerprint density at radius 1 is 1.43 bits per heavy atom. The van der Waals surface area contributed by atoms with Crippen LogP contribution in [0.3, 0.4) is 0 Å². The van der Waals surface area contributed by atoms with Gasteiger partial charge in [0.2, 0.25) is 0 Å². The average Bonchev–Trinajstić information content (AvgIpc) is 2.55. The van der Waals surface area contributed by atoms with E-state index in [0.29, 0.717) is 12.1 Å². The van der Waals surface area contributed by atoms with E-state index in [4.69, 9.17) is 4.74 Å². The van der Waals surface area contributed by atoms with Crippen molar-refractivity contribution >= 4 is 0 Å². The van der Waals surface area contributed by atoms with Crippen molar-refractivity contribution < 1.29 is 4.74 Å². The summed E-state index contributed by atoms with van der Waals surface area (Å²) in [7, 11) is 1.78. The van der Waals surface area contributed by atoms with Crippen LogP contribution < -0.4 is 5.32 Å².